The van der Waals surface area contributed by atoms with Crippen LogP contribution >= 0.6 is 0 Å². The Hall–Kier alpha value is -3.32. The molecule has 4 rings (SSSR count). The van der Waals surface area contributed by atoms with Gasteiger partial charge < -0.3 is 23.7 Å². The SMILES string of the molecule is CCOC(=O)C1(O)C[C@H](c2ccc(OC)cc2)c2c(c3ccccc3oc2=O)O1. The van der Waals surface area contributed by atoms with Gasteiger partial charge >= 0.3 is 17.4 Å². The van der Waals surface area contributed by atoms with E-state index in [1.165, 1.54) is 0 Å². The molecule has 29 heavy (non-hydrogen) atoms. The molecule has 2 atom stereocenters. The van der Waals surface area contributed by atoms with E-state index < -0.39 is 23.3 Å². The Bertz CT molecular complexity index is 1120. The molecule has 0 radical (unpaired) electrons. The lowest BCUT2D eigenvalue weighted by Gasteiger charge is -2.36. The molecule has 2 aromatic carbocycles. The van der Waals surface area contributed by atoms with Crippen LogP contribution in [0.5, 0.6) is 11.5 Å². The van der Waals surface area contributed by atoms with Gasteiger partial charge in [-0.05, 0) is 36.8 Å². The number of esters is 1. The van der Waals surface area contributed by atoms with E-state index in [2.05, 4.69) is 0 Å². The summed E-state index contributed by atoms with van der Waals surface area (Å²) in [5, 5.41) is 11.5. The zero-order valence-electron chi connectivity index (χ0n) is 16.0. The molecule has 3 aromatic rings. The van der Waals surface area contributed by atoms with Crippen LogP contribution in [0.3, 0.4) is 0 Å². The van der Waals surface area contributed by atoms with Crippen LogP contribution < -0.4 is 15.1 Å². The van der Waals surface area contributed by atoms with Crippen LogP contribution in [0.15, 0.2) is 57.7 Å². The van der Waals surface area contributed by atoms with Gasteiger partial charge in [-0.25, -0.2) is 9.59 Å². The highest BCUT2D eigenvalue weighted by atomic mass is 16.7. The topological polar surface area (TPSA) is 95.2 Å². The number of carbonyl (C=O) groups excluding carboxylic acids is 1. The van der Waals surface area contributed by atoms with Gasteiger partial charge in [-0.2, -0.15) is 0 Å². The van der Waals surface area contributed by atoms with Crippen LogP contribution in [0.4, 0.5) is 0 Å². The van der Waals surface area contributed by atoms with Gasteiger partial charge in [0.15, 0.2) is 0 Å². The Kier molecular flexibility index (Phi) is 4.76. The normalized spacial score (nSPS) is 20.6. The molecular formula is C22H20O7. The van der Waals surface area contributed by atoms with Crippen molar-refractivity contribution in [3.8, 4) is 11.5 Å². The quantitative estimate of drug-likeness (QED) is 0.535. The van der Waals surface area contributed by atoms with Gasteiger partial charge in [-0.15, -0.1) is 0 Å². The number of aliphatic hydroxyl groups is 1. The third kappa shape index (κ3) is 3.23. The lowest BCUT2D eigenvalue weighted by Crippen LogP contribution is -2.50. The molecule has 0 saturated heterocycles. The van der Waals surface area contributed by atoms with Gasteiger partial charge in [-0.1, -0.05) is 24.3 Å². The van der Waals surface area contributed by atoms with E-state index in [-0.39, 0.29) is 24.3 Å². The summed E-state index contributed by atoms with van der Waals surface area (Å²) in [7, 11) is 1.55. The fourth-order valence-corrected chi connectivity index (χ4v) is 3.63. The predicted molar refractivity (Wildman–Crippen MR) is 104 cm³/mol. The molecular weight excluding hydrogens is 376 g/mol. The second-order valence-electron chi connectivity index (χ2n) is 6.77. The smallest absolute Gasteiger partial charge is 0.379 e. The van der Waals surface area contributed by atoms with E-state index in [4.69, 9.17) is 18.6 Å². The third-order valence-corrected chi connectivity index (χ3v) is 5.01. The fourth-order valence-electron chi connectivity index (χ4n) is 3.63. The number of carbonyl (C=O) groups is 1. The number of ether oxygens (including phenoxy) is 3. The Balaban J connectivity index is 1.94. The predicted octanol–water partition coefficient (Wildman–Crippen LogP) is 2.97. The van der Waals surface area contributed by atoms with Gasteiger partial charge in [0, 0.05) is 12.3 Å². The van der Waals surface area contributed by atoms with Crippen molar-refractivity contribution in [2.75, 3.05) is 13.7 Å². The molecule has 0 amide bonds. The Morgan fingerprint density at radius 1 is 1.21 bits per heavy atom. The van der Waals surface area contributed by atoms with E-state index in [1.54, 1.807) is 62.6 Å². The molecule has 1 unspecified atom stereocenters. The molecule has 0 bridgehead atoms. The van der Waals surface area contributed by atoms with Crippen LogP contribution in [-0.2, 0) is 9.53 Å². The van der Waals surface area contributed by atoms with E-state index in [9.17, 15) is 14.7 Å². The van der Waals surface area contributed by atoms with E-state index in [0.29, 0.717) is 22.3 Å². The number of fused-ring (bicyclic) bond motifs is 3. The summed E-state index contributed by atoms with van der Waals surface area (Å²) in [4.78, 5) is 25.3. The molecule has 1 aliphatic rings. The Labute approximate surface area is 166 Å². The molecule has 7 nitrogen and oxygen atoms in total. The second-order valence-corrected chi connectivity index (χ2v) is 6.77. The lowest BCUT2D eigenvalue weighted by atomic mass is 9.83. The van der Waals surface area contributed by atoms with E-state index in [0.717, 1.165) is 0 Å². The number of methoxy groups -OCH3 is 1. The standard InChI is InChI=1S/C22H20O7/c1-3-27-21(24)22(25)12-16(13-8-10-14(26-2)11-9-13)18-19(29-22)15-6-4-5-7-17(15)28-20(18)23/h4-11,16,25H,3,12H2,1-2H3/t16-,22?/m1/s1. The summed E-state index contributed by atoms with van der Waals surface area (Å²) in [5.74, 6) is -3.00. The first-order chi connectivity index (χ1) is 14.0. The number of rotatable bonds is 4. The fraction of sp³-hybridized carbons (Fsp3) is 0.273. The van der Waals surface area contributed by atoms with Crippen molar-refractivity contribution in [2.45, 2.75) is 25.0 Å². The molecule has 0 spiro atoms. The number of para-hydroxylation sites is 1. The van der Waals surface area contributed by atoms with Crippen molar-refractivity contribution in [2.24, 2.45) is 0 Å². The van der Waals surface area contributed by atoms with Gasteiger partial charge in [0.05, 0.1) is 24.7 Å². The molecule has 2 heterocycles. The number of hydrogen-bond acceptors (Lipinski definition) is 7. The highest BCUT2D eigenvalue weighted by molar-refractivity contribution is 5.87. The first-order valence-electron chi connectivity index (χ1n) is 9.25. The highest BCUT2D eigenvalue weighted by Crippen LogP contribution is 2.45. The van der Waals surface area contributed by atoms with Gasteiger partial charge in [0.2, 0.25) is 0 Å². The van der Waals surface area contributed by atoms with E-state index in [1.807, 2.05) is 0 Å². The zero-order valence-corrected chi connectivity index (χ0v) is 16.0. The number of benzene rings is 2. The van der Waals surface area contributed by atoms with Crippen LogP contribution in [0.2, 0.25) is 0 Å². The van der Waals surface area contributed by atoms with Gasteiger partial charge in [-0.3, -0.25) is 0 Å². The first-order valence-corrected chi connectivity index (χ1v) is 9.25. The van der Waals surface area contributed by atoms with Crippen LogP contribution in [0, 0.1) is 0 Å². The molecule has 0 fully saturated rings. The third-order valence-electron chi connectivity index (χ3n) is 5.01. The highest BCUT2D eigenvalue weighted by Gasteiger charge is 2.49. The lowest BCUT2D eigenvalue weighted by molar-refractivity contribution is -0.205. The molecule has 0 saturated carbocycles. The van der Waals surface area contributed by atoms with Crippen LogP contribution in [0.1, 0.15) is 30.4 Å². The van der Waals surface area contributed by atoms with Crippen LogP contribution in [-0.4, -0.2) is 30.6 Å². The van der Waals surface area contributed by atoms with Crippen molar-refractivity contribution in [1.29, 1.82) is 0 Å². The average molecular weight is 396 g/mol. The van der Waals surface area contributed by atoms with Gasteiger partial charge in [0.25, 0.3) is 0 Å². The number of hydrogen-bond donors (Lipinski definition) is 1. The van der Waals surface area contributed by atoms with Crippen molar-refractivity contribution in [3.63, 3.8) is 0 Å². The molecule has 1 aromatic heterocycles. The summed E-state index contributed by atoms with van der Waals surface area (Å²) in [5.41, 5.74) is 0.687. The summed E-state index contributed by atoms with van der Waals surface area (Å²) in [6, 6.07) is 13.9. The van der Waals surface area contributed by atoms with Crippen molar-refractivity contribution in [3.05, 3.63) is 70.1 Å². The van der Waals surface area contributed by atoms with Crippen molar-refractivity contribution >= 4 is 16.9 Å². The van der Waals surface area contributed by atoms with Crippen molar-refractivity contribution in [1.82, 2.24) is 0 Å². The summed E-state index contributed by atoms with van der Waals surface area (Å²) in [6.07, 6.45) is -0.186. The summed E-state index contributed by atoms with van der Waals surface area (Å²) >= 11 is 0. The first kappa shape index (κ1) is 19.0. The van der Waals surface area contributed by atoms with Crippen LogP contribution in [0.25, 0.3) is 11.0 Å². The van der Waals surface area contributed by atoms with Gasteiger partial charge in [0.1, 0.15) is 17.1 Å². The minimum Gasteiger partial charge on any atom is -0.497 e. The Morgan fingerprint density at radius 2 is 1.93 bits per heavy atom. The minimum atomic E-state index is -2.23. The molecule has 0 aliphatic carbocycles. The monoisotopic (exact) mass is 396 g/mol. The maximum Gasteiger partial charge on any atom is 0.379 e. The van der Waals surface area contributed by atoms with Crippen molar-refractivity contribution < 1.29 is 28.5 Å². The molecule has 1 N–H and O–H groups in total. The maximum atomic E-state index is 12.8. The molecule has 7 heteroatoms. The summed E-state index contributed by atoms with van der Waals surface area (Å²) in [6.45, 7) is 1.73. The van der Waals surface area contributed by atoms with E-state index >= 15 is 0 Å². The second kappa shape index (κ2) is 7.25. The average Bonchev–Trinajstić information content (AvgIpc) is 2.73. The molecule has 150 valence electrons. The molecule has 1 aliphatic heterocycles. The maximum absolute atomic E-state index is 12.8. The Morgan fingerprint density at radius 3 is 2.62 bits per heavy atom. The minimum absolute atomic E-state index is 0.0856. The largest absolute Gasteiger partial charge is 0.497 e. The summed E-state index contributed by atoms with van der Waals surface area (Å²) < 4.78 is 21.4. The zero-order chi connectivity index (χ0) is 20.6.